The number of benzene rings is 3. The fourth-order valence-corrected chi connectivity index (χ4v) is 5.50. The number of hydrogen-bond donors (Lipinski definition) is 3. The van der Waals surface area contributed by atoms with Gasteiger partial charge in [-0.25, -0.2) is 4.79 Å². The molecule has 0 radical (unpaired) electrons. The van der Waals surface area contributed by atoms with Crippen molar-refractivity contribution < 1.29 is 19.4 Å². The van der Waals surface area contributed by atoms with Crippen LogP contribution in [0.2, 0.25) is 10.0 Å². The molecule has 2 amide bonds. The summed E-state index contributed by atoms with van der Waals surface area (Å²) in [7, 11) is 1.61. The number of nitrogens with one attached hydrogen (secondary N) is 2. The Morgan fingerprint density at radius 3 is 2.38 bits per heavy atom. The summed E-state index contributed by atoms with van der Waals surface area (Å²) in [5.41, 5.74) is 3.15. The number of aromatic nitrogens is 2. The average Bonchev–Trinajstić information content (AvgIpc) is 3.63. The molecule has 8 nitrogen and oxygen atoms in total. The van der Waals surface area contributed by atoms with Gasteiger partial charge in [-0.1, -0.05) is 54.2 Å². The number of phenolic OH excluding ortho intramolecular Hbond substituents is 1. The van der Waals surface area contributed by atoms with Crippen LogP contribution in [0.1, 0.15) is 53.2 Å². The Labute approximate surface area is 241 Å². The van der Waals surface area contributed by atoms with Crippen LogP contribution in [0, 0.1) is 0 Å². The maximum atomic E-state index is 13.2. The number of ether oxygens (including phenoxy) is 1. The minimum absolute atomic E-state index is 0.0932. The van der Waals surface area contributed by atoms with Gasteiger partial charge < -0.3 is 20.5 Å². The molecule has 40 heavy (non-hydrogen) atoms. The van der Waals surface area contributed by atoms with E-state index in [-0.39, 0.29) is 33.3 Å². The number of methoxy groups -OCH3 is 1. The smallest absolute Gasteiger partial charge is 0.342 e. The van der Waals surface area contributed by atoms with Gasteiger partial charge in [-0.15, -0.1) is 0 Å². The molecule has 0 atom stereocenters. The van der Waals surface area contributed by atoms with Gasteiger partial charge in [0.15, 0.2) is 0 Å². The third kappa shape index (κ3) is 5.93. The summed E-state index contributed by atoms with van der Waals surface area (Å²) < 4.78 is 6.60. The van der Waals surface area contributed by atoms with E-state index in [9.17, 15) is 14.7 Å². The molecule has 1 saturated carbocycles. The number of phenols is 1. The van der Waals surface area contributed by atoms with Crippen molar-refractivity contribution in [3.8, 4) is 22.8 Å². The molecule has 206 valence electrons. The normalized spacial score (nSPS) is 13.3. The van der Waals surface area contributed by atoms with E-state index in [2.05, 4.69) is 15.7 Å². The van der Waals surface area contributed by atoms with Gasteiger partial charge in [0.2, 0.25) is 0 Å². The van der Waals surface area contributed by atoms with Crippen molar-refractivity contribution in [1.29, 1.82) is 0 Å². The Bertz CT molecular complexity index is 1530. The predicted octanol–water partition coefficient (Wildman–Crippen LogP) is 7.24. The third-order valence-electron chi connectivity index (χ3n) is 7.03. The number of nitrogens with zero attached hydrogens (tertiary/aromatic N) is 2. The second-order valence-corrected chi connectivity index (χ2v) is 10.5. The molecule has 3 N–H and O–H groups in total. The number of carbonyl (C=O) groups excluding carboxylic acids is 2. The SMILES string of the molecule is COc1ccc(CNC(=O)n2nc(-c3ccc(NC(=O)c4c(Cl)cccc4Cl)cc3O)cc2C2CCCC2)cc1. The highest BCUT2D eigenvalue weighted by molar-refractivity contribution is 6.40. The van der Waals surface area contributed by atoms with Crippen LogP contribution >= 0.6 is 23.2 Å². The van der Waals surface area contributed by atoms with Gasteiger partial charge in [-0.2, -0.15) is 9.78 Å². The molecular weight excluding hydrogens is 551 g/mol. The van der Waals surface area contributed by atoms with Crippen LogP contribution in [-0.4, -0.2) is 33.9 Å². The molecule has 1 heterocycles. The Kier molecular flexibility index (Phi) is 8.28. The van der Waals surface area contributed by atoms with Crippen LogP contribution in [-0.2, 0) is 6.54 Å². The van der Waals surface area contributed by atoms with Crippen LogP contribution in [0.4, 0.5) is 10.5 Å². The quantitative estimate of drug-likeness (QED) is 0.214. The summed E-state index contributed by atoms with van der Waals surface area (Å²) in [6, 6.07) is 18.5. The number of hydrogen-bond acceptors (Lipinski definition) is 5. The highest BCUT2D eigenvalue weighted by Crippen LogP contribution is 2.38. The lowest BCUT2D eigenvalue weighted by molar-refractivity contribution is 0.102. The first-order valence-electron chi connectivity index (χ1n) is 12.9. The van der Waals surface area contributed by atoms with Crippen LogP contribution in [0.15, 0.2) is 66.7 Å². The molecule has 1 aromatic heterocycles. The van der Waals surface area contributed by atoms with E-state index in [1.54, 1.807) is 37.4 Å². The first kappa shape index (κ1) is 27.6. The Morgan fingerprint density at radius 1 is 1.02 bits per heavy atom. The van der Waals surface area contributed by atoms with E-state index in [4.69, 9.17) is 27.9 Å². The van der Waals surface area contributed by atoms with Crippen molar-refractivity contribution >= 4 is 40.8 Å². The summed E-state index contributed by atoms with van der Waals surface area (Å²) in [5.74, 6) is 0.357. The second kappa shape index (κ2) is 12.0. The lowest BCUT2D eigenvalue weighted by atomic mass is 10.0. The highest BCUT2D eigenvalue weighted by atomic mass is 35.5. The van der Waals surface area contributed by atoms with Crippen LogP contribution in [0.25, 0.3) is 11.3 Å². The monoisotopic (exact) mass is 578 g/mol. The molecule has 10 heteroatoms. The Balaban J connectivity index is 1.37. The standard InChI is InChI=1S/C30H28Cl2N4O4/c1-40-21-12-9-18(10-13-21)17-33-30(39)36-26(19-5-2-3-6-19)16-25(35-36)22-14-11-20(15-27(22)37)34-29(38)28-23(31)7-4-8-24(28)32/h4,7-16,19,37H,2-3,5-6,17H2,1H3,(H,33,39)(H,34,38). The summed E-state index contributed by atoms with van der Waals surface area (Å²) in [6.45, 7) is 0.331. The first-order valence-corrected chi connectivity index (χ1v) is 13.7. The number of amides is 2. The van der Waals surface area contributed by atoms with Crippen molar-refractivity contribution in [2.24, 2.45) is 0 Å². The largest absolute Gasteiger partial charge is 0.507 e. The third-order valence-corrected chi connectivity index (χ3v) is 7.66. The van der Waals surface area contributed by atoms with E-state index in [1.807, 2.05) is 30.3 Å². The average molecular weight is 579 g/mol. The van der Waals surface area contributed by atoms with Gasteiger partial charge in [-0.3, -0.25) is 4.79 Å². The topological polar surface area (TPSA) is 105 Å². The van der Waals surface area contributed by atoms with Crippen molar-refractivity contribution in [3.63, 3.8) is 0 Å². The summed E-state index contributed by atoms with van der Waals surface area (Å²) >= 11 is 12.3. The molecule has 3 aromatic carbocycles. The van der Waals surface area contributed by atoms with Crippen molar-refractivity contribution in [2.75, 3.05) is 12.4 Å². The minimum Gasteiger partial charge on any atom is -0.507 e. The molecule has 0 unspecified atom stereocenters. The fourth-order valence-electron chi connectivity index (χ4n) is 4.93. The lowest BCUT2D eigenvalue weighted by Gasteiger charge is -2.12. The van der Waals surface area contributed by atoms with Crippen molar-refractivity contribution in [3.05, 3.63) is 93.6 Å². The van der Waals surface area contributed by atoms with Gasteiger partial charge in [0.1, 0.15) is 11.5 Å². The number of carbonyl (C=O) groups is 2. The lowest BCUT2D eigenvalue weighted by Crippen LogP contribution is -2.30. The summed E-state index contributed by atoms with van der Waals surface area (Å²) in [6.07, 6.45) is 4.12. The van der Waals surface area contributed by atoms with E-state index < -0.39 is 5.91 Å². The van der Waals surface area contributed by atoms with Crippen molar-refractivity contribution in [2.45, 2.75) is 38.1 Å². The maximum absolute atomic E-state index is 13.2. The van der Waals surface area contributed by atoms with Gasteiger partial charge in [0.05, 0.1) is 34.1 Å². The molecule has 1 aliphatic carbocycles. The Morgan fingerprint density at radius 2 is 1.73 bits per heavy atom. The molecule has 0 bridgehead atoms. The number of aromatic hydroxyl groups is 1. The molecule has 0 saturated heterocycles. The van der Waals surface area contributed by atoms with Crippen LogP contribution in [0.3, 0.4) is 0 Å². The minimum atomic E-state index is -0.496. The van der Waals surface area contributed by atoms with Gasteiger partial charge in [-0.05, 0) is 60.9 Å². The summed E-state index contributed by atoms with van der Waals surface area (Å²) in [4.78, 5) is 26.0. The molecular formula is C30H28Cl2N4O4. The van der Waals surface area contributed by atoms with E-state index in [0.29, 0.717) is 23.5 Å². The number of anilines is 1. The van der Waals surface area contributed by atoms with E-state index in [0.717, 1.165) is 42.7 Å². The first-order chi connectivity index (χ1) is 19.3. The van der Waals surface area contributed by atoms with E-state index >= 15 is 0 Å². The zero-order valence-corrected chi connectivity index (χ0v) is 23.3. The van der Waals surface area contributed by atoms with Gasteiger partial charge in [0, 0.05) is 29.8 Å². The Hall–Kier alpha value is -4.01. The van der Waals surface area contributed by atoms with Crippen molar-refractivity contribution in [1.82, 2.24) is 15.1 Å². The van der Waals surface area contributed by atoms with Gasteiger partial charge in [0.25, 0.3) is 5.91 Å². The highest BCUT2D eigenvalue weighted by Gasteiger charge is 2.26. The zero-order valence-electron chi connectivity index (χ0n) is 21.8. The molecule has 4 aromatic rings. The number of rotatable bonds is 7. The molecule has 0 spiro atoms. The fraction of sp³-hybridized carbons (Fsp3) is 0.233. The van der Waals surface area contributed by atoms with Crippen LogP contribution < -0.4 is 15.4 Å². The van der Waals surface area contributed by atoms with E-state index in [1.165, 1.54) is 10.7 Å². The predicted molar refractivity (Wildman–Crippen MR) is 156 cm³/mol. The molecule has 5 rings (SSSR count). The molecule has 0 aliphatic heterocycles. The molecule has 1 fully saturated rings. The van der Waals surface area contributed by atoms with Crippen LogP contribution in [0.5, 0.6) is 11.5 Å². The summed E-state index contributed by atoms with van der Waals surface area (Å²) in [5, 5.41) is 21.6. The molecule has 1 aliphatic rings. The van der Waals surface area contributed by atoms with Gasteiger partial charge >= 0.3 is 6.03 Å². The maximum Gasteiger partial charge on any atom is 0.342 e. The zero-order chi connectivity index (χ0) is 28.2. The second-order valence-electron chi connectivity index (χ2n) is 9.64. The number of halogens is 2.